The molecular weight excluding hydrogens is 521 g/mol. The van der Waals surface area contributed by atoms with E-state index in [1.807, 2.05) is 32.9 Å². The summed E-state index contributed by atoms with van der Waals surface area (Å²) in [5.74, 6) is 1.35. The van der Waals surface area contributed by atoms with E-state index in [0.717, 1.165) is 23.4 Å². The number of amides is 1. The van der Waals surface area contributed by atoms with E-state index in [-0.39, 0.29) is 29.9 Å². The number of aliphatic imine (C=N–C) groups is 1. The molecule has 1 amide bonds. The van der Waals surface area contributed by atoms with Crippen molar-refractivity contribution >= 4 is 35.8 Å². The van der Waals surface area contributed by atoms with Crippen LogP contribution in [0.3, 0.4) is 0 Å². The highest BCUT2D eigenvalue weighted by molar-refractivity contribution is 14.0. The fourth-order valence-electron chi connectivity index (χ4n) is 2.74. The minimum Gasteiger partial charge on any atom is -0.491 e. The molecule has 32 heavy (non-hydrogen) atoms. The summed E-state index contributed by atoms with van der Waals surface area (Å²) >= 11 is 0. The first-order valence-corrected chi connectivity index (χ1v) is 10.6. The number of rotatable bonds is 12. The average molecular weight is 555 g/mol. The van der Waals surface area contributed by atoms with Gasteiger partial charge in [0.25, 0.3) is 5.91 Å². The number of aryl methyl sites for hydroxylation is 1. The van der Waals surface area contributed by atoms with Gasteiger partial charge in [-0.25, -0.2) is 4.99 Å². The van der Waals surface area contributed by atoms with Crippen LogP contribution in [0.2, 0.25) is 0 Å². The topological polar surface area (TPSA) is 96.9 Å². The quantitative estimate of drug-likeness (QED) is 0.161. The number of pyridine rings is 1. The number of aromatic nitrogens is 1. The fourth-order valence-corrected chi connectivity index (χ4v) is 2.74. The second-order valence-electron chi connectivity index (χ2n) is 6.78. The first-order valence-electron chi connectivity index (χ1n) is 10.6. The van der Waals surface area contributed by atoms with Gasteiger partial charge in [0.1, 0.15) is 12.4 Å². The molecule has 0 fully saturated rings. The van der Waals surface area contributed by atoms with Crippen LogP contribution in [0.1, 0.15) is 35.3 Å². The van der Waals surface area contributed by atoms with Crippen molar-refractivity contribution < 1.29 is 14.3 Å². The Morgan fingerprint density at radius 1 is 1.09 bits per heavy atom. The van der Waals surface area contributed by atoms with E-state index >= 15 is 0 Å². The van der Waals surface area contributed by atoms with Crippen molar-refractivity contribution in [3.05, 3.63) is 59.4 Å². The Morgan fingerprint density at radius 3 is 2.62 bits per heavy atom. The van der Waals surface area contributed by atoms with E-state index in [2.05, 4.69) is 32.0 Å². The number of hydrogen-bond acceptors (Lipinski definition) is 5. The van der Waals surface area contributed by atoms with Crippen molar-refractivity contribution in [3.8, 4) is 5.75 Å². The molecule has 176 valence electrons. The lowest BCUT2D eigenvalue weighted by Gasteiger charge is -2.14. The van der Waals surface area contributed by atoms with E-state index in [4.69, 9.17) is 9.47 Å². The summed E-state index contributed by atoms with van der Waals surface area (Å²) in [5, 5.41) is 9.32. The Morgan fingerprint density at radius 2 is 1.91 bits per heavy atom. The molecule has 3 N–H and O–H groups in total. The number of halogens is 1. The van der Waals surface area contributed by atoms with Crippen LogP contribution in [0.25, 0.3) is 0 Å². The summed E-state index contributed by atoms with van der Waals surface area (Å²) in [6.07, 6.45) is 3.19. The SMILES string of the molecule is CCNC(=NCc1ccc(C)cc1OCCOCC)NCCNC(=O)c1cccnc1.I. The highest BCUT2D eigenvalue weighted by Gasteiger charge is 2.06. The lowest BCUT2D eigenvalue weighted by Crippen LogP contribution is -2.41. The summed E-state index contributed by atoms with van der Waals surface area (Å²) < 4.78 is 11.2. The summed E-state index contributed by atoms with van der Waals surface area (Å²) in [7, 11) is 0. The number of carbonyl (C=O) groups is 1. The van der Waals surface area contributed by atoms with Crippen LogP contribution in [-0.2, 0) is 11.3 Å². The monoisotopic (exact) mass is 555 g/mol. The molecule has 1 heterocycles. The molecule has 0 radical (unpaired) electrons. The number of benzene rings is 1. The Balaban J connectivity index is 0.00000512. The van der Waals surface area contributed by atoms with E-state index in [9.17, 15) is 4.79 Å². The molecule has 1 aromatic heterocycles. The maximum absolute atomic E-state index is 12.1. The van der Waals surface area contributed by atoms with E-state index in [0.29, 0.717) is 51.0 Å². The van der Waals surface area contributed by atoms with Crippen LogP contribution in [0.5, 0.6) is 5.75 Å². The molecule has 0 spiro atoms. The third kappa shape index (κ3) is 10.3. The van der Waals surface area contributed by atoms with E-state index in [1.165, 1.54) is 0 Å². The molecule has 0 saturated heterocycles. The lowest BCUT2D eigenvalue weighted by atomic mass is 10.1. The van der Waals surface area contributed by atoms with Gasteiger partial charge in [-0.3, -0.25) is 9.78 Å². The average Bonchev–Trinajstić information content (AvgIpc) is 2.79. The largest absolute Gasteiger partial charge is 0.491 e. The van der Waals surface area contributed by atoms with Gasteiger partial charge in [0, 0.05) is 44.2 Å². The zero-order valence-electron chi connectivity index (χ0n) is 19.0. The van der Waals surface area contributed by atoms with Crippen molar-refractivity contribution in [2.45, 2.75) is 27.3 Å². The Labute approximate surface area is 207 Å². The lowest BCUT2D eigenvalue weighted by molar-refractivity contribution is 0.0954. The number of nitrogens with zero attached hydrogens (tertiary/aromatic N) is 2. The van der Waals surface area contributed by atoms with Crippen LogP contribution in [-0.4, -0.2) is 56.3 Å². The van der Waals surface area contributed by atoms with Gasteiger partial charge in [0.05, 0.1) is 18.7 Å². The number of guanidine groups is 1. The predicted octanol–water partition coefficient (Wildman–Crippen LogP) is 2.91. The smallest absolute Gasteiger partial charge is 0.252 e. The van der Waals surface area contributed by atoms with Gasteiger partial charge < -0.3 is 25.4 Å². The molecule has 9 heteroatoms. The Hall–Kier alpha value is -2.40. The van der Waals surface area contributed by atoms with Gasteiger partial charge in [-0.05, 0) is 44.5 Å². The summed E-state index contributed by atoms with van der Waals surface area (Å²) in [4.78, 5) is 20.7. The first kappa shape index (κ1) is 27.6. The van der Waals surface area contributed by atoms with Crippen molar-refractivity contribution in [2.24, 2.45) is 4.99 Å². The highest BCUT2D eigenvalue weighted by Crippen LogP contribution is 2.21. The molecule has 8 nitrogen and oxygen atoms in total. The van der Waals surface area contributed by atoms with Crippen LogP contribution >= 0.6 is 24.0 Å². The van der Waals surface area contributed by atoms with Crippen molar-refractivity contribution in [1.82, 2.24) is 20.9 Å². The Kier molecular flexibility index (Phi) is 14.0. The first-order chi connectivity index (χ1) is 15.1. The van der Waals surface area contributed by atoms with Crippen LogP contribution in [0.15, 0.2) is 47.7 Å². The molecule has 1 aromatic carbocycles. The van der Waals surface area contributed by atoms with Crippen molar-refractivity contribution in [1.29, 1.82) is 0 Å². The van der Waals surface area contributed by atoms with E-state index in [1.54, 1.807) is 24.5 Å². The molecular formula is C23H34IN5O3. The fraction of sp³-hybridized carbons (Fsp3) is 0.435. The number of ether oxygens (including phenoxy) is 2. The molecule has 0 aliphatic heterocycles. The van der Waals surface area contributed by atoms with Crippen LogP contribution in [0, 0.1) is 6.92 Å². The third-order valence-corrected chi connectivity index (χ3v) is 4.29. The molecule has 0 bridgehead atoms. The van der Waals surface area contributed by atoms with Gasteiger partial charge >= 0.3 is 0 Å². The van der Waals surface area contributed by atoms with Gasteiger partial charge in [-0.1, -0.05) is 12.1 Å². The van der Waals surface area contributed by atoms with Gasteiger partial charge in [0.2, 0.25) is 0 Å². The molecule has 0 aliphatic rings. The van der Waals surface area contributed by atoms with Gasteiger partial charge in [-0.2, -0.15) is 0 Å². The third-order valence-electron chi connectivity index (χ3n) is 4.29. The maximum Gasteiger partial charge on any atom is 0.252 e. The van der Waals surface area contributed by atoms with Gasteiger partial charge in [-0.15, -0.1) is 24.0 Å². The normalized spacial score (nSPS) is 10.8. The van der Waals surface area contributed by atoms with E-state index < -0.39 is 0 Å². The number of carbonyl (C=O) groups excluding carboxylic acids is 1. The predicted molar refractivity (Wildman–Crippen MR) is 138 cm³/mol. The maximum atomic E-state index is 12.1. The summed E-state index contributed by atoms with van der Waals surface area (Å²) in [6.45, 7) is 9.97. The summed E-state index contributed by atoms with van der Waals surface area (Å²) in [5.41, 5.74) is 2.68. The number of hydrogen-bond donors (Lipinski definition) is 3. The molecule has 0 unspecified atom stereocenters. The second-order valence-corrected chi connectivity index (χ2v) is 6.78. The second kappa shape index (κ2) is 16.3. The minimum atomic E-state index is -0.148. The zero-order valence-corrected chi connectivity index (χ0v) is 21.3. The molecule has 0 aliphatic carbocycles. The van der Waals surface area contributed by atoms with Crippen molar-refractivity contribution in [3.63, 3.8) is 0 Å². The number of nitrogens with one attached hydrogen (secondary N) is 3. The van der Waals surface area contributed by atoms with Crippen LogP contribution in [0.4, 0.5) is 0 Å². The molecule has 0 atom stereocenters. The van der Waals surface area contributed by atoms with Crippen molar-refractivity contribution in [2.75, 3.05) is 39.5 Å². The highest BCUT2D eigenvalue weighted by atomic mass is 127. The van der Waals surface area contributed by atoms with Crippen LogP contribution < -0.4 is 20.7 Å². The molecule has 2 aromatic rings. The summed E-state index contributed by atoms with van der Waals surface area (Å²) in [6, 6.07) is 9.58. The molecule has 0 saturated carbocycles. The minimum absolute atomic E-state index is 0. The Bertz CT molecular complexity index is 834. The molecule has 2 rings (SSSR count). The zero-order chi connectivity index (χ0) is 22.3. The standard InChI is InChI=1S/C23H33N5O3.HI/c1-4-25-23(27-12-11-26-22(29)20-7-6-10-24-16-20)28-17-19-9-8-18(3)15-21(19)31-14-13-30-5-2;/h6-10,15-16H,4-5,11-14,17H2,1-3H3,(H,26,29)(H2,25,27,28);1H. The van der Waals surface area contributed by atoms with Gasteiger partial charge in [0.15, 0.2) is 5.96 Å².